The maximum absolute atomic E-state index is 5.27. The van der Waals surface area contributed by atoms with Crippen LogP contribution in [0.3, 0.4) is 0 Å². The largest absolute Gasteiger partial charge is 0.497 e. The van der Waals surface area contributed by atoms with Crippen molar-refractivity contribution >= 4 is 21.7 Å². The number of methoxy groups -OCH3 is 1. The molecule has 0 aliphatic carbocycles. The molecule has 0 unspecified atom stereocenters. The van der Waals surface area contributed by atoms with Crippen molar-refractivity contribution in [1.82, 2.24) is 9.78 Å². The molecule has 1 aromatic heterocycles. The van der Waals surface area contributed by atoms with Crippen molar-refractivity contribution in [3.05, 3.63) is 69.8 Å². The number of fused-ring (bicyclic) bond motifs is 1. The van der Waals surface area contributed by atoms with E-state index >= 15 is 0 Å². The molecule has 0 atom stereocenters. The Morgan fingerprint density at radius 1 is 1.12 bits per heavy atom. The number of ether oxygens (including phenoxy) is 1. The number of nitrogens with zero attached hydrogens (tertiary/aromatic N) is 2. The van der Waals surface area contributed by atoms with Crippen molar-refractivity contribution in [2.75, 3.05) is 19.0 Å². The lowest BCUT2D eigenvalue weighted by atomic mass is 10.0. The van der Waals surface area contributed by atoms with Crippen LogP contribution < -0.4 is 10.1 Å². The first-order valence-electron chi connectivity index (χ1n) is 8.99. The molecule has 26 heavy (non-hydrogen) atoms. The molecular weight excluding hydrogens is 390 g/mol. The summed E-state index contributed by atoms with van der Waals surface area (Å²) in [6, 6.07) is 16.5. The van der Waals surface area contributed by atoms with Crippen LogP contribution in [-0.2, 0) is 12.8 Å². The zero-order valence-electron chi connectivity index (χ0n) is 14.8. The molecule has 1 aliphatic heterocycles. The molecule has 4 nitrogen and oxygen atoms in total. The molecule has 0 amide bonds. The van der Waals surface area contributed by atoms with E-state index in [1.54, 1.807) is 7.11 Å². The molecule has 134 valence electrons. The van der Waals surface area contributed by atoms with Gasteiger partial charge in [0.2, 0.25) is 0 Å². The summed E-state index contributed by atoms with van der Waals surface area (Å²) in [7, 11) is 1.69. The average Bonchev–Trinajstić information content (AvgIpc) is 2.84. The smallest absolute Gasteiger partial charge is 0.133 e. The Kier molecular flexibility index (Phi) is 4.98. The van der Waals surface area contributed by atoms with Gasteiger partial charge in [-0.15, -0.1) is 0 Å². The molecular formula is C21H22BrN3O. The van der Waals surface area contributed by atoms with E-state index in [0.717, 1.165) is 46.8 Å². The predicted molar refractivity (Wildman–Crippen MR) is 108 cm³/mol. The number of anilines is 1. The Labute approximate surface area is 162 Å². The summed E-state index contributed by atoms with van der Waals surface area (Å²) in [6.07, 6.45) is 4.27. The van der Waals surface area contributed by atoms with Gasteiger partial charge >= 0.3 is 0 Å². The van der Waals surface area contributed by atoms with Crippen molar-refractivity contribution in [3.8, 4) is 11.4 Å². The zero-order chi connectivity index (χ0) is 17.9. The van der Waals surface area contributed by atoms with E-state index in [2.05, 4.69) is 50.2 Å². The number of rotatable bonds is 4. The van der Waals surface area contributed by atoms with Crippen LogP contribution in [-0.4, -0.2) is 23.4 Å². The molecule has 0 saturated carbocycles. The lowest BCUT2D eigenvalue weighted by Gasteiger charge is -2.10. The minimum Gasteiger partial charge on any atom is -0.497 e. The second-order valence-electron chi connectivity index (χ2n) is 6.55. The van der Waals surface area contributed by atoms with Crippen molar-refractivity contribution in [2.45, 2.75) is 25.7 Å². The summed E-state index contributed by atoms with van der Waals surface area (Å²) < 4.78 is 8.37. The van der Waals surface area contributed by atoms with Crippen molar-refractivity contribution in [3.63, 3.8) is 0 Å². The van der Waals surface area contributed by atoms with E-state index in [1.807, 2.05) is 24.3 Å². The van der Waals surface area contributed by atoms with Crippen LogP contribution in [0.2, 0.25) is 0 Å². The maximum atomic E-state index is 5.27. The normalized spacial score (nSPS) is 13.6. The summed E-state index contributed by atoms with van der Waals surface area (Å²) in [5, 5.41) is 8.60. The average molecular weight is 412 g/mol. The standard InChI is InChI=1S/C21H22BrN3O/c1-26-16-11-9-15(10-12-16)14-19-17-6-4-5-13-23-21(17)25(24-19)20-8-3-2-7-18(20)22/h2-3,7-12,23H,4-6,13-14H2,1H3. The number of para-hydroxylation sites is 1. The van der Waals surface area contributed by atoms with E-state index in [1.165, 1.54) is 24.0 Å². The number of hydrogen-bond acceptors (Lipinski definition) is 3. The van der Waals surface area contributed by atoms with Gasteiger partial charge < -0.3 is 10.1 Å². The Morgan fingerprint density at radius 2 is 1.92 bits per heavy atom. The van der Waals surface area contributed by atoms with Crippen LogP contribution in [0.4, 0.5) is 5.82 Å². The molecule has 2 aromatic carbocycles. The number of hydrogen-bond donors (Lipinski definition) is 1. The number of aromatic nitrogens is 2. The van der Waals surface area contributed by atoms with E-state index in [4.69, 9.17) is 9.84 Å². The molecule has 0 fully saturated rings. The Hall–Kier alpha value is -2.27. The highest BCUT2D eigenvalue weighted by molar-refractivity contribution is 9.10. The van der Waals surface area contributed by atoms with E-state index in [9.17, 15) is 0 Å². The van der Waals surface area contributed by atoms with E-state index < -0.39 is 0 Å². The molecule has 1 aliphatic rings. The van der Waals surface area contributed by atoms with Crippen LogP contribution in [0.5, 0.6) is 5.75 Å². The van der Waals surface area contributed by atoms with Gasteiger partial charge in [0.25, 0.3) is 0 Å². The van der Waals surface area contributed by atoms with Gasteiger partial charge in [-0.25, -0.2) is 4.68 Å². The summed E-state index contributed by atoms with van der Waals surface area (Å²) in [5.74, 6) is 2.02. The summed E-state index contributed by atoms with van der Waals surface area (Å²) in [6.45, 7) is 0.991. The maximum Gasteiger partial charge on any atom is 0.133 e. The molecule has 2 heterocycles. The van der Waals surface area contributed by atoms with Gasteiger partial charge in [-0.1, -0.05) is 24.3 Å². The molecule has 0 radical (unpaired) electrons. The zero-order valence-corrected chi connectivity index (χ0v) is 16.4. The lowest BCUT2D eigenvalue weighted by Crippen LogP contribution is -2.07. The fourth-order valence-corrected chi connectivity index (χ4v) is 3.90. The summed E-state index contributed by atoms with van der Waals surface area (Å²) in [5.41, 5.74) is 4.80. The second kappa shape index (κ2) is 7.54. The minimum atomic E-state index is 0.825. The SMILES string of the molecule is COc1ccc(Cc2nn(-c3ccccc3Br)c3c2CCCCN3)cc1. The first kappa shape index (κ1) is 17.2. The predicted octanol–water partition coefficient (Wildman–Crippen LogP) is 4.98. The highest BCUT2D eigenvalue weighted by Crippen LogP contribution is 2.32. The molecule has 0 spiro atoms. The van der Waals surface area contributed by atoms with Crippen LogP contribution in [0.25, 0.3) is 5.69 Å². The quantitative estimate of drug-likeness (QED) is 0.657. The van der Waals surface area contributed by atoms with E-state index in [0.29, 0.717) is 0 Å². The van der Waals surface area contributed by atoms with Crippen molar-refractivity contribution in [1.29, 1.82) is 0 Å². The molecule has 4 rings (SSSR count). The van der Waals surface area contributed by atoms with Crippen molar-refractivity contribution < 1.29 is 4.74 Å². The molecule has 0 bridgehead atoms. The number of nitrogens with one attached hydrogen (secondary N) is 1. The van der Waals surface area contributed by atoms with Gasteiger partial charge in [-0.05, 0) is 65.0 Å². The fourth-order valence-electron chi connectivity index (χ4n) is 3.45. The van der Waals surface area contributed by atoms with E-state index in [-0.39, 0.29) is 0 Å². The van der Waals surface area contributed by atoms with Gasteiger partial charge in [-0.2, -0.15) is 5.10 Å². The second-order valence-corrected chi connectivity index (χ2v) is 7.40. The third-order valence-corrected chi connectivity index (χ3v) is 5.49. The van der Waals surface area contributed by atoms with Crippen LogP contribution in [0, 0.1) is 0 Å². The Morgan fingerprint density at radius 3 is 2.69 bits per heavy atom. The summed E-state index contributed by atoms with van der Waals surface area (Å²) >= 11 is 3.67. The first-order chi connectivity index (χ1) is 12.8. The minimum absolute atomic E-state index is 0.825. The first-order valence-corrected chi connectivity index (χ1v) is 9.78. The van der Waals surface area contributed by atoms with Crippen LogP contribution >= 0.6 is 15.9 Å². The number of halogens is 1. The van der Waals surface area contributed by atoms with Crippen molar-refractivity contribution in [2.24, 2.45) is 0 Å². The highest BCUT2D eigenvalue weighted by Gasteiger charge is 2.21. The fraction of sp³-hybridized carbons (Fsp3) is 0.286. The third kappa shape index (κ3) is 3.36. The topological polar surface area (TPSA) is 39.1 Å². The number of benzene rings is 2. The monoisotopic (exact) mass is 411 g/mol. The summed E-state index contributed by atoms with van der Waals surface area (Å²) in [4.78, 5) is 0. The van der Waals surface area contributed by atoms with Gasteiger partial charge in [0.05, 0.1) is 18.5 Å². The van der Waals surface area contributed by atoms with Gasteiger partial charge in [0, 0.05) is 23.0 Å². The lowest BCUT2D eigenvalue weighted by molar-refractivity contribution is 0.414. The molecule has 0 saturated heterocycles. The van der Waals surface area contributed by atoms with Gasteiger partial charge in [-0.3, -0.25) is 0 Å². The highest BCUT2D eigenvalue weighted by atomic mass is 79.9. The Bertz CT molecular complexity index is 902. The van der Waals surface area contributed by atoms with Gasteiger partial charge in [0.15, 0.2) is 0 Å². The van der Waals surface area contributed by atoms with Crippen LogP contribution in [0.15, 0.2) is 53.0 Å². The molecule has 1 N–H and O–H groups in total. The third-order valence-electron chi connectivity index (χ3n) is 4.82. The molecule has 5 heteroatoms. The molecule has 3 aromatic rings. The Balaban J connectivity index is 1.75. The van der Waals surface area contributed by atoms with Crippen LogP contribution in [0.1, 0.15) is 29.7 Å². The van der Waals surface area contributed by atoms with Gasteiger partial charge in [0.1, 0.15) is 11.6 Å².